The van der Waals surface area contributed by atoms with E-state index >= 15 is 0 Å². The monoisotopic (exact) mass is 235 g/mol. The zero-order chi connectivity index (χ0) is 12.4. The Labute approximate surface area is 100 Å². The van der Waals surface area contributed by atoms with Crippen LogP contribution >= 0.6 is 0 Å². The second-order valence-electron chi connectivity index (χ2n) is 4.55. The van der Waals surface area contributed by atoms with Crippen molar-refractivity contribution in [1.82, 2.24) is 0 Å². The Morgan fingerprint density at radius 2 is 2.12 bits per heavy atom. The van der Waals surface area contributed by atoms with Gasteiger partial charge in [0.2, 0.25) is 0 Å². The van der Waals surface area contributed by atoms with Gasteiger partial charge in [0.15, 0.2) is 0 Å². The van der Waals surface area contributed by atoms with Crippen LogP contribution in [-0.2, 0) is 11.2 Å². The summed E-state index contributed by atoms with van der Waals surface area (Å²) in [7, 11) is 0. The summed E-state index contributed by atoms with van der Waals surface area (Å²) in [5.41, 5.74) is 7.74. The topological polar surface area (TPSA) is 83.6 Å². The zero-order valence-corrected chi connectivity index (χ0v) is 9.54. The van der Waals surface area contributed by atoms with Crippen molar-refractivity contribution in [2.24, 2.45) is 5.73 Å². The van der Waals surface area contributed by atoms with Crippen LogP contribution in [0.4, 0.5) is 0 Å². The molecule has 0 heterocycles. The van der Waals surface area contributed by atoms with E-state index < -0.39 is 18.1 Å². The van der Waals surface area contributed by atoms with Crippen molar-refractivity contribution < 1.29 is 15.0 Å². The number of carboxylic acid groups (broad SMARTS) is 1. The number of aliphatic hydroxyl groups is 1. The van der Waals surface area contributed by atoms with Crippen molar-refractivity contribution in [3.05, 3.63) is 35.4 Å². The SMILES string of the molecule is NC(C(=O)O)C(O)C1CCCc2ccccc21. The first-order valence-electron chi connectivity index (χ1n) is 5.85. The highest BCUT2D eigenvalue weighted by atomic mass is 16.4. The van der Waals surface area contributed by atoms with Crippen LogP contribution in [0.3, 0.4) is 0 Å². The van der Waals surface area contributed by atoms with Crippen molar-refractivity contribution in [3.8, 4) is 0 Å². The molecule has 0 spiro atoms. The van der Waals surface area contributed by atoms with Crippen molar-refractivity contribution in [3.63, 3.8) is 0 Å². The first-order chi connectivity index (χ1) is 8.11. The molecule has 0 saturated heterocycles. The van der Waals surface area contributed by atoms with Crippen LogP contribution in [-0.4, -0.2) is 28.3 Å². The van der Waals surface area contributed by atoms with Crippen molar-refractivity contribution in [2.45, 2.75) is 37.3 Å². The van der Waals surface area contributed by atoms with E-state index in [0.717, 1.165) is 24.8 Å². The first-order valence-corrected chi connectivity index (χ1v) is 5.85. The Kier molecular flexibility index (Phi) is 3.45. The Hall–Kier alpha value is -1.39. The predicted molar refractivity (Wildman–Crippen MR) is 63.7 cm³/mol. The predicted octanol–water partition coefficient (Wildman–Crippen LogP) is 0.879. The Morgan fingerprint density at radius 3 is 2.82 bits per heavy atom. The number of fused-ring (bicyclic) bond motifs is 1. The van der Waals surface area contributed by atoms with E-state index in [9.17, 15) is 9.90 Å². The fourth-order valence-electron chi connectivity index (χ4n) is 2.54. The number of carboxylic acids is 1. The molecule has 1 aliphatic rings. The van der Waals surface area contributed by atoms with E-state index in [4.69, 9.17) is 10.8 Å². The van der Waals surface area contributed by atoms with Gasteiger partial charge < -0.3 is 15.9 Å². The number of hydrogen-bond donors (Lipinski definition) is 3. The lowest BCUT2D eigenvalue weighted by molar-refractivity contribution is -0.141. The number of benzene rings is 1. The Balaban J connectivity index is 2.26. The average molecular weight is 235 g/mol. The van der Waals surface area contributed by atoms with E-state index in [-0.39, 0.29) is 5.92 Å². The molecule has 0 amide bonds. The number of nitrogens with two attached hydrogens (primary N) is 1. The maximum Gasteiger partial charge on any atom is 0.323 e. The van der Waals surface area contributed by atoms with Gasteiger partial charge in [0, 0.05) is 5.92 Å². The number of aliphatic carboxylic acids is 1. The third-order valence-electron chi connectivity index (χ3n) is 3.48. The van der Waals surface area contributed by atoms with Gasteiger partial charge in [-0.2, -0.15) is 0 Å². The van der Waals surface area contributed by atoms with E-state index in [0.29, 0.717) is 0 Å². The van der Waals surface area contributed by atoms with E-state index in [1.165, 1.54) is 5.56 Å². The summed E-state index contributed by atoms with van der Waals surface area (Å²) in [6, 6.07) is 6.64. The highest BCUT2D eigenvalue weighted by Gasteiger charge is 2.33. The van der Waals surface area contributed by atoms with E-state index in [2.05, 4.69) is 0 Å². The summed E-state index contributed by atoms with van der Waals surface area (Å²) in [6.45, 7) is 0. The number of aryl methyl sites for hydroxylation is 1. The molecular formula is C13H17NO3. The van der Waals surface area contributed by atoms with Gasteiger partial charge in [-0.05, 0) is 30.4 Å². The minimum atomic E-state index is -1.22. The molecule has 3 atom stereocenters. The Morgan fingerprint density at radius 1 is 1.41 bits per heavy atom. The highest BCUT2D eigenvalue weighted by molar-refractivity contribution is 5.74. The van der Waals surface area contributed by atoms with Crippen LogP contribution in [0.5, 0.6) is 0 Å². The summed E-state index contributed by atoms with van der Waals surface area (Å²) in [5, 5.41) is 18.9. The second-order valence-corrected chi connectivity index (χ2v) is 4.55. The van der Waals surface area contributed by atoms with Crippen molar-refractivity contribution in [1.29, 1.82) is 0 Å². The molecule has 17 heavy (non-hydrogen) atoms. The smallest absolute Gasteiger partial charge is 0.323 e. The molecule has 4 nitrogen and oxygen atoms in total. The summed E-state index contributed by atoms with van der Waals surface area (Å²) in [4.78, 5) is 10.8. The number of hydrogen-bond acceptors (Lipinski definition) is 3. The number of aliphatic hydroxyl groups excluding tert-OH is 1. The van der Waals surface area contributed by atoms with Gasteiger partial charge in [0.25, 0.3) is 0 Å². The molecule has 0 aromatic heterocycles. The van der Waals surface area contributed by atoms with Crippen LogP contribution in [0.15, 0.2) is 24.3 Å². The molecule has 0 saturated carbocycles. The molecule has 0 fully saturated rings. The summed E-state index contributed by atoms with van der Waals surface area (Å²) < 4.78 is 0. The van der Waals surface area contributed by atoms with Crippen LogP contribution < -0.4 is 5.73 Å². The van der Waals surface area contributed by atoms with E-state index in [1.807, 2.05) is 24.3 Å². The molecule has 4 N–H and O–H groups in total. The Bertz CT molecular complexity index is 419. The first kappa shape index (κ1) is 12.1. The van der Waals surface area contributed by atoms with Crippen LogP contribution in [0.25, 0.3) is 0 Å². The molecule has 3 unspecified atom stereocenters. The molecule has 4 heteroatoms. The largest absolute Gasteiger partial charge is 0.480 e. The minimum absolute atomic E-state index is 0.161. The maximum atomic E-state index is 10.8. The van der Waals surface area contributed by atoms with Crippen LogP contribution in [0, 0.1) is 0 Å². The van der Waals surface area contributed by atoms with Gasteiger partial charge in [-0.3, -0.25) is 4.79 Å². The lowest BCUT2D eigenvalue weighted by Crippen LogP contribution is -2.45. The fourth-order valence-corrected chi connectivity index (χ4v) is 2.54. The molecule has 1 aromatic rings. The normalized spacial score (nSPS) is 22.6. The lowest BCUT2D eigenvalue weighted by atomic mass is 9.78. The molecule has 2 rings (SSSR count). The fraction of sp³-hybridized carbons (Fsp3) is 0.462. The third kappa shape index (κ3) is 2.33. The van der Waals surface area contributed by atoms with Crippen molar-refractivity contribution in [2.75, 3.05) is 0 Å². The quantitative estimate of drug-likeness (QED) is 0.726. The lowest BCUT2D eigenvalue weighted by Gasteiger charge is -2.31. The molecule has 92 valence electrons. The maximum absolute atomic E-state index is 10.8. The summed E-state index contributed by atoms with van der Waals surface area (Å²) in [5.74, 6) is -1.31. The van der Waals surface area contributed by atoms with Crippen LogP contribution in [0.2, 0.25) is 0 Å². The summed E-state index contributed by atoms with van der Waals surface area (Å²) in [6.07, 6.45) is 1.72. The average Bonchev–Trinajstić information content (AvgIpc) is 2.36. The third-order valence-corrected chi connectivity index (χ3v) is 3.48. The molecule has 1 aromatic carbocycles. The summed E-state index contributed by atoms with van der Waals surface area (Å²) >= 11 is 0. The molecule has 1 aliphatic carbocycles. The van der Waals surface area contributed by atoms with Gasteiger partial charge in [-0.15, -0.1) is 0 Å². The van der Waals surface area contributed by atoms with Gasteiger partial charge in [0.1, 0.15) is 6.04 Å². The molecule has 0 radical (unpaired) electrons. The van der Waals surface area contributed by atoms with Crippen molar-refractivity contribution >= 4 is 5.97 Å². The zero-order valence-electron chi connectivity index (χ0n) is 9.54. The number of carbonyl (C=O) groups is 1. The minimum Gasteiger partial charge on any atom is -0.480 e. The van der Waals surface area contributed by atoms with Gasteiger partial charge in [-0.25, -0.2) is 0 Å². The van der Waals surface area contributed by atoms with E-state index in [1.54, 1.807) is 0 Å². The molecule has 0 bridgehead atoms. The standard InChI is InChI=1S/C13H17NO3/c14-11(13(16)17)12(15)10-7-3-5-8-4-1-2-6-9(8)10/h1-2,4,6,10-12,15H,3,5,7,14H2,(H,16,17). The van der Waals surface area contributed by atoms with Gasteiger partial charge in [-0.1, -0.05) is 24.3 Å². The van der Waals surface area contributed by atoms with Gasteiger partial charge in [0.05, 0.1) is 6.10 Å². The molecular weight excluding hydrogens is 218 g/mol. The molecule has 0 aliphatic heterocycles. The number of rotatable bonds is 3. The van der Waals surface area contributed by atoms with Crippen LogP contribution in [0.1, 0.15) is 29.9 Å². The van der Waals surface area contributed by atoms with Gasteiger partial charge >= 0.3 is 5.97 Å². The highest BCUT2D eigenvalue weighted by Crippen LogP contribution is 2.34. The second kappa shape index (κ2) is 4.85.